The molecular weight excluding hydrogens is 422 g/mol. The first-order valence-corrected chi connectivity index (χ1v) is 10.1. The molecule has 0 unspecified atom stereocenters. The molecule has 1 aliphatic heterocycles. The van der Waals surface area contributed by atoms with Gasteiger partial charge in [-0.05, 0) is 41.5 Å². The molecule has 0 bridgehead atoms. The second-order valence-corrected chi connectivity index (χ2v) is 9.76. The topological polar surface area (TPSA) is 172 Å². The summed E-state index contributed by atoms with van der Waals surface area (Å²) >= 11 is 0. The lowest BCUT2D eigenvalue weighted by Gasteiger charge is -2.29. The van der Waals surface area contributed by atoms with E-state index in [2.05, 4.69) is 15.0 Å². The Morgan fingerprint density at radius 1 is 1.16 bits per heavy atom. The highest BCUT2D eigenvalue weighted by Gasteiger charge is 2.52. The Bertz CT molecular complexity index is 1080. The summed E-state index contributed by atoms with van der Waals surface area (Å²) in [6, 6.07) is 0. The van der Waals surface area contributed by atoms with Gasteiger partial charge >= 0.3 is 11.9 Å². The molecule has 0 aliphatic carbocycles. The van der Waals surface area contributed by atoms with Crippen LogP contribution in [-0.2, 0) is 23.8 Å². The standard InChI is InChI=1S/C20H29N5O7/c1-19(2,3)16(28)31-11-9(7-26)30-15(12(11)32-17(29)20(4,5)6)25-8-22-10-13(25)23-18(21)24-14(10)27/h8-9,11-12,15,26H,7H2,1-6H3,(H3,21,23,24,27)/t9-,11-,12-,15-/m1/s1. The number of hydrogen-bond acceptors (Lipinski definition) is 10. The fraction of sp³-hybridized carbons (Fsp3) is 0.650. The molecule has 3 heterocycles. The number of nitrogens with zero attached hydrogens (tertiary/aromatic N) is 3. The zero-order valence-corrected chi connectivity index (χ0v) is 18.9. The largest absolute Gasteiger partial charge is 0.455 e. The minimum atomic E-state index is -1.15. The summed E-state index contributed by atoms with van der Waals surface area (Å²) in [4.78, 5) is 48.0. The molecule has 12 nitrogen and oxygen atoms in total. The van der Waals surface area contributed by atoms with Gasteiger partial charge in [0.15, 0.2) is 29.6 Å². The quantitative estimate of drug-likeness (QED) is 0.556. The number of aromatic nitrogens is 4. The number of anilines is 1. The Labute approximate surface area is 184 Å². The van der Waals surface area contributed by atoms with Gasteiger partial charge in [-0.1, -0.05) is 0 Å². The number of ether oxygens (including phenoxy) is 3. The van der Waals surface area contributed by atoms with E-state index in [0.717, 1.165) is 0 Å². The SMILES string of the molecule is CC(C)(C)C(=O)O[C@@H]1[C@H](OC(=O)C(C)(C)C)[C@@H](CO)O[C@H]1n1cnc2c(=O)[nH]c(N)nc21. The van der Waals surface area contributed by atoms with Gasteiger partial charge in [0, 0.05) is 0 Å². The predicted octanol–water partition coefficient (Wildman–Crippen LogP) is 0.507. The summed E-state index contributed by atoms with van der Waals surface area (Å²) in [5, 5.41) is 9.91. The summed E-state index contributed by atoms with van der Waals surface area (Å²) in [7, 11) is 0. The molecule has 0 aromatic carbocycles. The van der Waals surface area contributed by atoms with Crippen LogP contribution in [0.25, 0.3) is 11.2 Å². The molecule has 2 aromatic heterocycles. The van der Waals surface area contributed by atoms with Crippen LogP contribution in [0.2, 0.25) is 0 Å². The summed E-state index contributed by atoms with van der Waals surface area (Å²) in [5.41, 5.74) is 3.50. The van der Waals surface area contributed by atoms with Crippen molar-refractivity contribution in [3.05, 3.63) is 16.7 Å². The molecule has 32 heavy (non-hydrogen) atoms. The van der Waals surface area contributed by atoms with Crippen molar-refractivity contribution >= 4 is 29.1 Å². The predicted molar refractivity (Wildman–Crippen MR) is 112 cm³/mol. The maximum absolute atomic E-state index is 12.7. The molecule has 1 fully saturated rings. The lowest BCUT2D eigenvalue weighted by atomic mass is 9.96. The van der Waals surface area contributed by atoms with E-state index in [1.807, 2.05) is 0 Å². The number of nitrogen functional groups attached to an aromatic ring is 1. The van der Waals surface area contributed by atoms with Gasteiger partial charge in [0.05, 0.1) is 23.8 Å². The van der Waals surface area contributed by atoms with Crippen molar-refractivity contribution in [2.45, 2.75) is 66.1 Å². The van der Waals surface area contributed by atoms with Gasteiger partial charge < -0.3 is 25.1 Å². The number of aliphatic hydroxyl groups is 1. The number of rotatable bonds is 4. The third kappa shape index (κ3) is 4.46. The zero-order valence-electron chi connectivity index (χ0n) is 18.9. The summed E-state index contributed by atoms with van der Waals surface area (Å²) in [6.07, 6.45) is -3.06. The minimum Gasteiger partial charge on any atom is -0.455 e. The third-order valence-corrected chi connectivity index (χ3v) is 4.90. The number of carbonyl (C=O) groups excluding carboxylic acids is 2. The molecule has 4 N–H and O–H groups in total. The molecule has 3 rings (SSSR count). The van der Waals surface area contributed by atoms with Gasteiger partial charge in [-0.2, -0.15) is 4.98 Å². The maximum atomic E-state index is 12.7. The second-order valence-electron chi connectivity index (χ2n) is 9.76. The third-order valence-electron chi connectivity index (χ3n) is 4.90. The van der Waals surface area contributed by atoms with Crippen molar-refractivity contribution in [1.29, 1.82) is 0 Å². The van der Waals surface area contributed by atoms with Crippen molar-refractivity contribution in [2.24, 2.45) is 10.8 Å². The maximum Gasteiger partial charge on any atom is 0.311 e. The first-order chi connectivity index (χ1) is 14.7. The normalized spacial score (nSPS) is 24.0. The molecule has 1 saturated heterocycles. The van der Waals surface area contributed by atoms with Crippen LogP contribution in [0.1, 0.15) is 47.8 Å². The van der Waals surface area contributed by atoms with Crippen LogP contribution in [0.4, 0.5) is 5.95 Å². The number of aromatic amines is 1. The number of nitrogens with one attached hydrogen (secondary N) is 1. The van der Waals surface area contributed by atoms with Crippen molar-refractivity contribution in [3.8, 4) is 0 Å². The van der Waals surface area contributed by atoms with E-state index < -0.39 is 59.5 Å². The first kappa shape index (κ1) is 23.7. The molecule has 0 amide bonds. The van der Waals surface area contributed by atoms with Crippen molar-refractivity contribution in [2.75, 3.05) is 12.3 Å². The Balaban J connectivity index is 2.08. The van der Waals surface area contributed by atoms with Gasteiger partial charge in [0.2, 0.25) is 5.95 Å². The van der Waals surface area contributed by atoms with Gasteiger partial charge in [-0.3, -0.25) is 23.9 Å². The molecule has 12 heteroatoms. The molecule has 2 aromatic rings. The fourth-order valence-corrected chi connectivity index (χ4v) is 3.08. The van der Waals surface area contributed by atoms with Crippen molar-refractivity contribution in [3.63, 3.8) is 0 Å². The lowest BCUT2D eigenvalue weighted by molar-refractivity contribution is -0.178. The number of imidazole rings is 1. The van der Waals surface area contributed by atoms with Crippen LogP contribution in [0.5, 0.6) is 0 Å². The Kier molecular flexibility index (Phi) is 6.04. The van der Waals surface area contributed by atoms with E-state index in [4.69, 9.17) is 19.9 Å². The van der Waals surface area contributed by atoms with E-state index in [9.17, 15) is 19.5 Å². The molecule has 4 atom stereocenters. The minimum absolute atomic E-state index is 0.000572. The summed E-state index contributed by atoms with van der Waals surface area (Å²) < 4.78 is 18.7. The number of esters is 2. The fourth-order valence-electron chi connectivity index (χ4n) is 3.08. The number of nitrogens with two attached hydrogens (primary N) is 1. The molecule has 0 radical (unpaired) electrons. The monoisotopic (exact) mass is 451 g/mol. The second kappa shape index (κ2) is 8.17. The van der Waals surface area contributed by atoms with Gasteiger partial charge in [-0.15, -0.1) is 0 Å². The zero-order chi connectivity index (χ0) is 24.0. The Hall–Kier alpha value is -2.99. The van der Waals surface area contributed by atoms with Crippen LogP contribution >= 0.6 is 0 Å². The molecule has 0 saturated carbocycles. The van der Waals surface area contributed by atoms with Crippen molar-refractivity contribution in [1.82, 2.24) is 19.5 Å². The highest BCUT2D eigenvalue weighted by Crippen LogP contribution is 2.37. The number of aliphatic hydroxyl groups excluding tert-OH is 1. The molecular formula is C20H29N5O7. The van der Waals surface area contributed by atoms with Crippen LogP contribution in [-0.4, -0.2) is 61.5 Å². The van der Waals surface area contributed by atoms with E-state index in [1.165, 1.54) is 10.9 Å². The van der Waals surface area contributed by atoms with Crippen LogP contribution in [0, 0.1) is 10.8 Å². The molecule has 0 spiro atoms. The van der Waals surface area contributed by atoms with Gasteiger partial charge in [0.25, 0.3) is 5.56 Å². The molecule has 176 valence electrons. The Morgan fingerprint density at radius 3 is 2.25 bits per heavy atom. The average Bonchev–Trinajstić information content (AvgIpc) is 3.22. The number of hydrogen-bond donors (Lipinski definition) is 3. The van der Waals surface area contributed by atoms with E-state index in [1.54, 1.807) is 41.5 Å². The lowest BCUT2D eigenvalue weighted by Crippen LogP contribution is -2.44. The number of carbonyl (C=O) groups is 2. The Morgan fingerprint density at radius 2 is 1.72 bits per heavy atom. The average molecular weight is 451 g/mol. The highest BCUT2D eigenvalue weighted by atomic mass is 16.6. The number of fused-ring (bicyclic) bond motifs is 1. The van der Waals surface area contributed by atoms with Gasteiger partial charge in [-0.25, -0.2) is 4.98 Å². The van der Waals surface area contributed by atoms with E-state index in [-0.39, 0.29) is 17.1 Å². The molecule has 1 aliphatic rings. The number of H-pyrrole nitrogens is 1. The van der Waals surface area contributed by atoms with Crippen molar-refractivity contribution < 1.29 is 28.9 Å². The smallest absolute Gasteiger partial charge is 0.311 e. The first-order valence-electron chi connectivity index (χ1n) is 10.1. The van der Waals surface area contributed by atoms with E-state index >= 15 is 0 Å². The van der Waals surface area contributed by atoms with Crippen LogP contribution < -0.4 is 11.3 Å². The highest BCUT2D eigenvalue weighted by molar-refractivity contribution is 5.77. The van der Waals surface area contributed by atoms with E-state index in [0.29, 0.717) is 0 Å². The van der Waals surface area contributed by atoms with Gasteiger partial charge in [0.1, 0.15) is 6.10 Å². The summed E-state index contributed by atoms with van der Waals surface area (Å²) in [6.45, 7) is 9.54. The van der Waals surface area contributed by atoms with Crippen LogP contribution in [0.3, 0.4) is 0 Å². The van der Waals surface area contributed by atoms with Crippen LogP contribution in [0.15, 0.2) is 11.1 Å². The summed E-state index contributed by atoms with van der Waals surface area (Å²) in [5.74, 6) is -1.27.